The molecule has 0 saturated heterocycles. The van der Waals surface area contributed by atoms with Gasteiger partial charge in [0.25, 0.3) is 5.13 Å². The van der Waals surface area contributed by atoms with E-state index in [1.807, 2.05) is 11.8 Å². The van der Waals surface area contributed by atoms with Crippen molar-refractivity contribution in [2.75, 3.05) is 43.0 Å². The van der Waals surface area contributed by atoms with Gasteiger partial charge in [0.15, 0.2) is 0 Å². The molecule has 0 aliphatic carbocycles. The predicted molar refractivity (Wildman–Crippen MR) is 117 cm³/mol. The Hall–Kier alpha value is -2.85. The number of aromatic nitrogens is 2. The number of methoxy groups -OCH3 is 1. The van der Waals surface area contributed by atoms with Gasteiger partial charge in [-0.25, -0.2) is 4.79 Å². The van der Waals surface area contributed by atoms with E-state index in [2.05, 4.69) is 20.4 Å². The summed E-state index contributed by atoms with van der Waals surface area (Å²) >= 11 is 0.749. The summed E-state index contributed by atoms with van der Waals surface area (Å²) in [6.07, 6.45) is 1.45. The van der Waals surface area contributed by atoms with Crippen LogP contribution in [0.2, 0.25) is 0 Å². The minimum Gasteiger partial charge on any atom is -0.458 e. The normalized spacial score (nSPS) is 14.3. The van der Waals surface area contributed by atoms with Crippen LogP contribution >= 0.6 is 11.3 Å². The molecule has 0 bridgehead atoms. The van der Waals surface area contributed by atoms with Crippen molar-refractivity contribution in [1.82, 2.24) is 10.2 Å². The van der Waals surface area contributed by atoms with Gasteiger partial charge in [-0.2, -0.15) is 21.6 Å². The molecule has 0 radical (unpaired) electrons. The summed E-state index contributed by atoms with van der Waals surface area (Å²) in [6, 6.07) is 2.80. The first-order chi connectivity index (χ1) is 16.1. The van der Waals surface area contributed by atoms with Crippen molar-refractivity contribution in [3.63, 3.8) is 0 Å². The first-order valence-corrected chi connectivity index (χ1v) is 12.3. The standard InChI is InChI=1S/C18H21F3N6O5S2/c1-3-27-6-4-5-11-9-12(13(10-14(11)27)26-34(29,30)18(19,20)21)22-24-17-25-23-15(33-17)16(28)32-8-7-31-2/h9-10,26H,3-8H2,1-2H3. The van der Waals surface area contributed by atoms with Gasteiger partial charge in [0, 0.05) is 25.9 Å². The van der Waals surface area contributed by atoms with E-state index in [1.165, 1.54) is 19.2 Å². The molecule has 11 nitrogen and oxygen atoms in total. The fourth-order valence-corrected chi connectivity index (χ4v) is 4.23. The molecule has 3 rings (SSSR count). The first kappa shape index (κ1) is 25.8. The lowest BCUT2D eigenvalue weighted by molar-refractivity contribution is -0.0429. The van der Waals surface area contributed by atoms with Crippen LogP contribution in [0.5, 0.6) is 0 Å². The number of alkyl halides is 3. The number of sulfonamides is 1. The Morgan fingerprint density at radius 3 is 2.71 bits per heavy atom. The van der Waals surface area contributed by atoms with Gasteiger partial charge in [0.1, 0.15) is 12.3 Å². The number of hydrogen-bond donors (Lipinski definition) is 1. The highest BCUT2D eigenvalue weighted by Crippen LogP contribution is 2.39. The number of anilines is 2. The SMILES string of the molecule is CCN1CCCc2cc(N=Nc3nnc(C(=O)OCCOC)s3)c(NS(=O)(=O)C(F)(F)F)cc21. The number of nitrogens with zero attached hydrogens (tertiary/aromatic N) is 5. The summed E-state index contributed by atoms with van der Waals surface area (Å²) in [5, 5.41) is 14.9. The molecule has 1 aromatic carbocycles. The van der Waals surface area contributed by atoms with Crippen LogP contribution in [0.25, 0.3) is 0 Å². The molecular weight excluding hydrogens is 501 g/mol. The van der Waals surface area contributed by atoms with E-state index >= 15 is 0 Å². The fourth-order valence-electron chi connectivity index (χ4n) is 3.11. The molecule has 16 heteroatoms. The van der Waals surface area contributed by atoms with E-state index in [0.29, 0.717) is 25.2 Å². The Morgan fingerprint density at radius 2 is 2.03 bits per heavy atom. The molecule has 0 saturated carbocycles. The van der Waals surface area contributed by atoms with Crippen LogP contribution < -0.4 is 9.62 Å². The van der Waals surface area contributed by atoms with Crippen LogP contribution in [0.1, 0.15) is 28.7 Å². The lowest BCUT2D eigenvalue weighted by atomic mass is 10.0. The molecule has 0 atom stereocenters. The fraction of sp³-hybridized carbons (Fsp3) is 0.500. The van der Waals surface area contributed by atoms with Crippen LogP contribution in [0.15, 0.2) is 22.4 Å². The molecule has 1 aromatic heterocycles. The zero-order valence-electron chi connectivity index (χ0n) is 18.1. The molecule has 0 amide bonds. The average molecular weight is 523 g/mol. The highest BCUT2D eigenvalue weighted by molar-refractivity contribution is 7.93. The van der Waals surface area contributed by atoms with Crippen molar-refractivity contribution in [1.29, 1.82) is 0 Å². The van der Waals surface area contributed by atoms with Crippen molar-refractivity contribution >= 4 is 49.5 Å². The zero-order valence-corrected chi connectivity index (χ0v) is 19.8. The van der Waals surface area contributed by atoms with Gasteiger partial charge in [-0.1, -0.05) is 11.3 Å². The van der Waals surface area contributed by atoms with Gasteiger partial charge in [-0.05, 0) is 37.5 Å². The Balaban J connectivity index is 1.92. The summed E-state index contributed by atoms with van der Waals surface area (Å²) in [6.45, 7) is 3.37. The number of carbonyl (C=O) groups excluding carboxylic acids is 1. The predicted octanol–water partition coefficient (Wildman–Crippen LogP) is 3.79. The van der Waals surface area contributed by atoms with E-state index in [9.17, 15) is 26.4 Å². The van der Waals surface area contributed by atoms with Crippen LogP contribution in [0, 0.1) is 0 Å². The maximum Gasteiger partial charge on any atom is 0.516 e. The van der Waals surface area contributed by atoms with Gasteiger partial charge >= 0.3 is 21.5 Å². The maximum atomic E-state index is 13.0. The van der Waals surface area contributed by atoms with E-state index in [4.69, 9.17) is 9.47 Å². The molecule has 2 heterocycles. The molecule has 1 aliphatic heterocycles. The number of nitrogens with one attached hydrogen (secondary N) is 1. The molecule has 0 fully saturated rings. The Bertz CT molecular complexity index is 1170. The third-order valence-electron chi connectivity index (χ3n) is 4.70. The van der Waals surface area contributed by atoms with Crippen LogP contribution in [-0.2, 0) is 25.9 Å². The number of hydrogen-bond acceptors (Lipinski definition) is 11. The zero-order chi connectivity index (χ0) is 24.9. The highest BCUT2D eigenvalue weighted by atomic mass is 32.2. The largest absolute Gasteiger partial charge is 0.516 e. The molecule has 186 valence electrons. The van der Waals surface area contributed by atoms with E-state index in [1.54, 1.807) is 4.72 Å². The molecule has 0 unspecified atom stereocenters. The summed E-state index contributed by atoms with van der Waals surface area (Å²) in [5.41, 5.74) is -4.63. The number of aryl methyl sites for hydroxylation is 1. The maximum absolute atomic E-state index is 13.0. The summed E-state index contributed by atoms with van der Waals surface area (Å²) in [5.74, 6) is -0.747. The molecule has 1 N–H and O–H groups in total. The van der Waals surface area contributed by atoms with Crippen LogP contribution in [0.4, 0.5) is 35.4 Å². The number of esters is 1. The lowest BCUT2D eigenvalue weighted by Crippen LogP contribution is -2.31. The number of fused-ring (bicyclic) bond motifs is 1. The minimum atomic E-state index is -5.69. The van der Waals surface area contributed by atoms with E-state index < -0.39 is 21.5 Å². The number of halogens is 3. The van der Waals surface area contributed by atoms with Crippen molar-refractivity contribution in [2.24, 2.45) is 10.2 Å². The number of carbonyl (C=O) groups is 1. The van der Waals surface area contributed by atoms with E-state index in [-0.39, 0.29) is 34.7 Å². The Labute approximate surface area is 197 Å². The van der Waals surface area contributed by atoms with E-state index in [0.717, 1.165) is 23.3 Å². The quantitative estimate of drug-likeness (QED) is 0.299. The smallest absolute Gasteiger partial charge is 0.458 e. The third-order valence-corrected chi connectivity index (χ3v) is 6.58. The Morgan fingerprint density at radius 1 is 1.26 bits per heavy atom. The third kappa shape index (κ3) is 5.98. The monoisotopic (exact) mass is 522 g/mol. The molecule has 2 aromatic rings. The van der Waals surface area contributed by atoms with Crippen LogP contribution in [-0.4, -0.2) is 63.5 Å². The van der Waals surface area contributed by atoms with Crippen molar-refractivity contribution < 1.29 is 35.9 Å². The molecule has 1 aliphatic rings. The van der Waals surface area contributed by atoms with Crippen LogP contribution in [0.3, 0.4) is 0 Å². The van der Waals surface area contributed by atoms with Gasteiger partial charge < -0.3 is 14.4 Å². The molecule has 0 spiro atoms. The van der Waals surface area contributed by atoms with Gasteiger partial charge in [0.05, 0.1) is 12.3 Å². The number of rotatable bonds is 9. The van der Waals surface area contributed by atoms with Crippen molar-refractivity contribution in [3.05, 3.63) is 22.7 Å². The van der Waals surface area contributed by atoms with Gasteiger partial charge in [-0.15, -0.1) is 20.4 Å². The van der Waals surface area contributed by atoms with Gasteiger partial charge in [0.2, 0.25) is 5.01 Å². The lowest BCUT2D eigenvalue weighted by Gasteiger charge is -2.31. The van der Waals surface area contributed by atoms with Gasteiger partial charge in [-0.3, -0.25) is 4.72 Å². The summed E-state index contributed by atoms with van der Waals surface area (Å²) < 4.78 is 73.7. The summed E-state index contributed by atoms with van der Waals surface area (Å²) in [7, 11) is -4.25. The number of benzene rings is 1. The van der Waals surface area contributed by atoms with Crippen molar-refractivity contribution in [2.45, 2.75) is 25.3 Å². The van der Waals surface area contributed by atoms with Crippen molar-refractivity contribution in [3.8, 4) is 0 Å². The molecule has 34 heavy (non-hydrogen) atoms. The number of azo groups is 1. The topological polar surface area (TPSA) is 135 Å². The Kier molecular flexibility index (Phi) is 8.04. The second-order valence-electron chi connectivity index (χ2n) is 6.95. The molecular formula is C18H21F3N6O5S2. The second kappa shape index (κ2) is 10.6. The average Bonchev–Trinajstić information content (AvgIpc) is 3.25. The highest BCUT2D eigenvalue weighted by Gasteiger charge is 2.46. The minimum absolute atomic E-state index is 0.0123. The summed E-state index contributed by atoms with van der Waals surface area (Å²) in [4.78, 5) is 13.8. The second-order valence-corrected chi connectivity index (χ2v) is 9.58. The number of ether oxygens (including phenoxy) is 2. The first-order valence-electron chi connectivity index (χ1n) is 9.98.